The lowest BCUT2D eigenvalue weighted by molar-refractivity contribution is -0.132. The van der Waals surface area contributed by atoms with E-state index >= 15 is 0 Å². The van der Waals surface area contributed by atoms with Crippen LogP contribution in [0.1, 0.15) is 82.3 Å². The summed E-state index contributed by atoms with van der Waals surface area (Å²) in [5, 5.41) is 36.6. The van der Waals surface area contributed by atoms with Gasteiger partial charge < -0.3 is 35.3 Å². The fourth-order valence-corrected chi connectivity index (χ4v) is 11.8. The van der Waals surface area contributed by atoms with Crippen LogP contribution in [0.5, 0.6) is 5.75 Å². The van der Waals surface area contributed by atoms with Crippen molar-refractivity contribution in [3.63, 3.8) is 0 Å². The van der Waals surface area contributed by atoms with Crippen LogP contribution in [0.2, 0.25) is 0 Å². The van der Waals surface area contributed by atoms with Crippen LogP contribution in [-0.2, 0) is 37.4 Å². The number of carbonyl (C=O) groups excluding carboxylic acids is 2. The van der Waals surface area contributed by atoms with Crippen molar-refractivity contribution < 1.29 is 27.9 Å². The van der Waals surface area contributed by atoms with Gasteiger partial charge in [-0.05, 0) is 95.9 Å². The molecule has 3 N–H and O–H groups in total. The number of aromatic nitrogens is 5. The number of hydrogen-bond donors (Lipinski definition) is 3. The minimum atomic E-state index is -4.62. The first-order chi connectivity index (χ1) is 40.9. The highest BCUT2D eigenvalue weighted by Crippen LogP contribution is 2.37. The van der Waals surface area contributed by atoms with E-state index in [-0.39, 0.29) is 35.3 Å². The first kappa shape index (κ1) is 59.4. The van der Waals surface area contributed by atoms with E-state index < -0.39 is 18.6 Å². The molecule has 2 aromatic heterocycles. The third kappa shape index (κ3) is 13.9. The molecule has 5 heterocycles. The summed E-state index contributed by atoms with van der Waals surface area (Å²) < 4.78 is 40.9. The van der Waals surface area contributed by atoms with Gasteiger partial charge >= 0.3 is 6.18 Å². The van der Waals surface area contributed by atoms with Gasteiger partial charge in [-0.1, -0.05) is 99.8 Å². The maximum Gasteiger partial charge on any atom is 0.405 e. The number of hydrogen-bond acceptors (Lipinski definition) is 14. The molecular formula is C65H73F3N14O3. The number of aryl methyl sites for hydroxylation is 1. The van der Waals surface area contributed by atoms with Crippen LogP contribution < -0.4 is 20.4 Å². The van der Waals surface area contributed by atoms with E-state index in [0.717, 1.165) is 66.5 Å². The number of allylic oxidation sites excluding steroid dienone is 1. The van der Waals surface area contributed by atoms with E-state index in [0.29, 0.717) is 100 Å². The van der Waals surface area contributed by atoms with Crippen LogP contribution in [0.3, 0.4) is 0 Å². The predicted octanol–water partition coefficient (Wildman–Crippen LogP) is 9.75. The van der Waals surface area contributed by atoms with Gasteiger partial charge in [-0.3, -0.25) is 24.0 Å². The van der Waals surface area contributed by atoms with Gasteiger partial charge in [0.05, 0.1) is 30.8 Å². The number of alkyl halides is 3. The number of fused-ring (bicyclic) bond motifs is 2. The van der Waals surface area contributed by atoms with Crippen molar-refractivity contribution in [1.29, 1.82) is 5.26 Å². The minimum absolute atomic E-state index is 0.0415. The molecule has 0 aliphatic carbocycles. The summed E-state index contributed by atoms with van der Waals surface area (Å²) in [6, 6.07) is 36.6. The summed E-state index contributed by atoms with van der Waals surface area (Å²) in [6.07, 6.45) is -1.45. The summed E-state index contributed by atoms with van der Waals surface area (Å²) in [7, 11) is 2.03. The van der Waals surface area contributed by atoms with Gasteiger partial charge in [-0.15, -0.1) is 10.2 Å². The zero-order valence-corrected chi connectivity index (χ0v) is 48.7. The van der Waals surface area contributed by atoms with E-state index in [4.69, 9.17) is 9.97 Å². The normalized spacial score (nSPS) is 15.7. The Morgan fingerprint density at radius 2 is 1.59 bits per heavy atom. The van der Waals surface area contributed by atoms with E-state index in [1.807, 2.05) is 43.2 Å². The Hall–Kier alpha value is -8.80. The lowest BCUT2D eigenvalue weighted by Gasteiger charge is -2.44. The van der Waals surface area contributed by atoms with E-state index in [2.05, 4.69) is 126 Å². The van der Waals surface area contributed by atoms with Crippen LogP contribution >= 0.6 is 0 Å². The molecule has 7 aromatic rings. The summed E-state index contributed by atoms with van der Waals surface area (Å²) in [5.41, 5.74) is 9.73. The van der Waals surface area contributed by atoms with Crippen LogP contribution in [0, 0.1) is 18.3 Å². The Morgan fingerprint density at radius 3 is 2.29 bits per heavy atom. The summed E-state index contributed by atoms with van der Waals surface area (Å²) in [5.74, 6) is 0.467. The highest BCUT2D eigenvalue weighted by Gasteiger charge is 2.34. The molecule has 5 aromatic carbocycles. The van der Waals surface area contributed by atoms with E-state index in [1.165, 1.54) is 26.6 Å². The van der Waals surface area contributed by atoms with Crippen LogP contribution in [0.25, 0.3) is 27.8 Å². The third-order valence-electron chi connectivity index (χ3n) is 16.3. The second kappa shape index (κ2) is 26.0. The highest BCUT2D eigenvalue weighted by molar-refractivity contribution is 5.94. The lowest BCUT2D eigenvalue weighted by Crippen LogP contribution is -2.53. The number of phenolic OH excluding ortho intramolecular Hbond substituents is 1. The molecule has 0 bridgehead atoms. The Bertz CT molecular complexity index is 3600. The number of amides is 2. The number of rotatable bonds is 20. The van der Waals surface area contributed by atoms with Gasteiger partial charge in [-0.25, -0.2) is 4.98 Å². The average Bonchev–Trinajstić information content (AvgIpc) is 2.63. The Balaban J connectivity index is 0.726. The van der Waals surface area contributed by atoms with Gasteiger partial charge in [0.1, 0.15) is 18.1 Å². The number of nitriles is 1. The van der Waals surface area contributed by atoms with Gasteiger partial charge in [-0.2, -0.15) is 23.4 Å². The molecule has 0 spiro atoms. The van der Waals surface area contributed by atoms with Crippen molar-refractivity contribution in [1.82, 2.24) is 49.6 Å². The largest absolute Gasteiger partial charge is 0.508 e. The number of carbonyl (C=O) groups is 2. The molecule has 0 radical (unpaired) electrons. The molecule has 2 fully saturated rings. The topological polar surface area (TPSA) is 178 Å². The second-order valence-corrected chi connectivity index (χ2v) is 22.7. The van der Waals surface area contributed by atoms with E-state index in [9.17, 15) is 33.1 Å². The zero-order chi connectivity index (χ0) is 59.9. The average molecular weight is 1160 g/mol. The van der Waals surface area contributed by atoms with Gasteiger partial charge in [0.2, 0.25) is 17.7 Å². The number of nitrogens with zero attached hydrogens (tertiary/aromatic N) is 12. The Kier molecular flexibility index (Phi) is 18.2. The Morgan fingerprint density at radius 1 is 0.882 bits per heavy atom. The fourth-order valence-electron chi connectivity index (χ4n) is 11.8. The first-order valence-electron chi connectivity index (χ1n) is 29.0. The molecular weight excluding hydrogens is 1080 g/mol. The maximum atomic E-state index is 13.7. The SMILES string of the molecule is C=CC(=C)N1CCN(c2nc(NCCC(=O)N3CCN(Cc4ccc(CN(C)Cc5ccc(-n6c(C(=O)NCC(F)(F)F)nnc6-c6cc(C(C)C)c(O)cc6C)cc5)cc4)CC3)nc3c2CCN(c2cccc4ccccc24)C3)CC1CC#N. The number of nitrogens with one attached hydrogen (secondary N) is 2. The molecule has 85 heavy (non-hydrogen) atoms. The molecule has 1 unspecified atom stereocenters. The van der Waals surface area contributed by atoms with Gasteiger partial charge in [0.25, 0.3) is 5.91 Å². The van der Waals surface area contributed by atoms with Crippen molar-refractivity contribution in [3.8, 4) is 28.9 Å². The molecule has 10 rings (SSSR count). The summed E-state index contributed by atoms with van der Waals surface area (Å²) >= 11 is 0. The number of aromatic hydroxyl groups is 1. The van der Waals surface area contributed by atoms with E-state index in [1.54, 1.807) is 37.3 Å². The van der Waals surface area contributed by atoms with Crippen LogP contribution in [0.4, 0.5) is 30.6 Å². The van der Waals surface area contributed by atoms with Gasteiger partial charge in [0.15, 0.2) is 5.82 Å². The lowest BCUT2D eigenvalue weighted by atomic mass is 9.96. The number of benzene rings is 5. The zero-order valence-electron chi connectivity index (χ0n) is 48.7. The highest BCUT2D eigenvalue weighted by atomic mass is 19.4. The quantitative estimate of drug-likeness (QED) is 0.0615. The minimum Gasteiger partial charge on any atom is -0.508 e. The predicted molar refractivity (Wildman–Crippen MR) is 325 cm³/mol. The Labute approximate surface area is 494 Å². The molecule has 3 aliphatic rings. The summed E-state index contributed by atoms with van der Waals surface area (Å²) in [4.78, 5) is 50.5. The molecule has 0 saturated carbocycles. The smallest absolute Gasteiger partial charge is 0.405 e. The number of phenols is 1. The van der Waals surface area contributed by atoms with Crippen molar-refractivity contribution in [3.05, 3.63) is 173 Å². The number of halogens is 3. The molecule has 442 valence electrons. The third-order valence-corrected chi connectivity index (χ3v) is 16.3. The molecule has 17 nitrogen and oxygen atoms in total. The van der Waals surface area contributed by atoms with Gasteiger partial charge in [0, 0.05) is 119 Å². The number of piperazine rings is 2. The van der Waals surface area contributed by atoms with Crippen LogP contribution in [-0.4, -0.2) is 146 Å². The molecule has 3 aliphatic heterocycles. The molecule has 2 saturated heterocycles. The number of anilines is 3. The second-order valence-electron chi connectivity index (χ2n) is 22.7. The fraction of sp³-hybridized carbons (Fsp3) is 0.369. The maximum absolute atomic E-state index is 13.7. The van der Waals surface area contributed by atoms with Crippen molar-refractivity contribution in [2.24, 2.45) is 0 Å². The first-order valence-corrected chi connectivity index (χ1v) is 29.0. The molecule has 2 amide bonds. The van der Waals surface area contributed by atoms with Crippen molar-refractivity contribution in [2.75, 3.05) is 87.6 Å². The standard InChI is InChI=1S/C65H73F3N14O3/c1-7-45(5)81-34-33-80(40-51(81)23-26-69)60-53-25-28-79(57-14-10-12-49-11-8-9-13-52(49)57)41-56(53)72-64(73-60)70-27-24-59(84)78-31-29-77(30-32-78)39-48-17-15-46(16-18-48)37-76(6)38-47-19-21-50(22-20-47)82-61(55-36-54(43(2)3)58(83)35-44(55)4)74-75-62(82)63(85)71-42-65(66,67)68/h7-22,35-36,43,51,83H,1,5,23-25,27-34,37-42H2,2-4,6H3,(H,71,85)(H,70,72,73). The summed E-state index contributed by atoms with van der Waals surface area (Å²) in [6.45, 7) is 20.9. The van der Waals surface area contributed by atoms with Crippen molar-refractivity contribution in [2.45, 2.75) is 84.3 Å². The molecule has 20 heteroatoms. The van der Waals surface area contributed by atoms with Crippen LogP contribution in [0.15, 0.2) is 128 Å². The van der Waals surface area contributed by atoms with Crippen molar-refractivity contribution >= 4 is 40.0 Å². The molecule has 1 atom stereocenters. The monoisotopic (exact) mass is 1150 g/mol.